The lowest BCUT2D eigenvalue weighted by atomic mass is 9.99. The molecule has 2 aromatic carbocycles. The SMILES string of the molecule is C=Cc1ccc(C#CCCc2ccc(C(F)(F)F)cc2C(F)(F)F)cc1OC=O. The van der Waals surface area contributed by atoms with Gasteiger partial charge in [-0.2, -0.15) is 26.3 Å². The molecule has 2 nitrogen and oxygen atoms in total. The molecule has 0 aliphatic heterocycles. The Balaban J connectivity index is 2.20. The molecule has 0 N–H and O–H groups in total. The number of hydrogen-bond donors (Lipinski definition) is 0. The summed E-state index contributed by atoms with van der Waals surface area (Å²) >= 11 is 0. The maximum Gasteiger partial charge on any atom is 0.416 e. The first-order valence-electron chi connectivity index (χ1n) is 8.19. The quantitative estimate of drug-likeness (QED) is 0.348. The van der Waals surface area contributed by atoms with Gasteiger partial charge in [0, 0.05) is 17.5 Å². The molecular weight excluding hydrogens is 398 g/mol. The van der Waals surface area contributed by atoms with Crippen molar-refractivity contribution in [3.05, 3.63) is 70.8 Å². The van der Waals surface area contributed by atoms with Gasteiger partial charge in [0.1, 0.15) is 5.75 Å². The summed E-state index contributed by atoms with van der Waals surface area (Å²) < 4.78 is 82.3. The standard InChI is InChI=1S/C21H14F6O2/c1-2-15-8-7-14(11-19(15)29-13-28)5-3-4-6-16-9-10-17(20(22,23)24)12-18(16)21(25,26)27/h2,7-13H,1,4,6H2. The van der Waals surface area contributed by atoms with Gasteiger partial charge in [-0.25, -0.2) is 0 Å². The van der Waals surface area contributed by atoms with Gasteiger partial charge in [-0.05, 0) is 36.2 Å². The van der Waals surface area contributed by atoms with Crippen molar-refractivity contribution >= 4 is 12.5 Å². The molecule has 0 unspecified atom stereocenters. The number of halogens is 6. The fourth-order valence-electron chi connectivity index (χ4n) is 2.53. The third kappa shape index (κ3) is 5.88. The van der Waals surface area contributed by atoms with Gasteiger partial charge >= 0.3 is 12.4 Å². The minimum atomic E-state index is -4.91. The zero-order chi connectivity index (χ0) is 21.7. The van der Waals surface area contributed by atoms with Crippen LogP contribution in [0.5, 0.6) is 5.75 Å². The van der Waals surface area contributed by atoms with E-state index in [1.807, 2.05) is 0 Å². The average Bonchev–Trinajstić information content (AvgIpc) is 2.64. The number of rotatable bonds is 5. The summed E-state index contributed by atoms with van der Waals surface area (Å²) in [5.74, 6) is 5.61. The van der Waals surface area contributed by atoms with Crippen LogP contribution in [0.15, 0.2) is 43.0 Å². The second-order valence-electron chi connectivity index (χ2n) is 5.84. The molecule has 0 heterocycles. The number of carbonyl (C=O) groups is 1. The zero-order valence-corrected chi connectivity index (χ0v) is 14.8. The Hall–Kier alpha value is -3.21. The normalized spacial score (nSPS) is 11.4. The topological polar surface area (TPSA) is 26.3 Å². The molecule has 0 radical (unpaired) electrons. The van der Waals surface area contributed by atoms with Crippen LogP contribution in [0.25, 0.3) is 6.08 Å². The van der Waals surface area contributed by atoms with Crippen molar-refractivity contribution in [2.75, 3.05) is 0 Å². The highest BCUT2D eigenvalue weighted by atomic mass is 19.4. The number of carbonyl (C=O) groups excluding carboxylic acids is 1. The Labute approximate surface area is 162 Å². The van der Waals surface area contributed by atoms with Crippen LogP contribution < -0.4 is 4.74 Å². The van der Waals surface area contributed by atoms with Gasteiger partial charge in [0.05, 0.1) is 11.1 Å². The van der Waals surface area contributed by atoms with Crippen molar-refractivity contribution in [1.82, 2.24) is 0 Å². The van der Waals surface area contributed by atoms with E-state index in [1.54, 1.807) is 12.1 Å². The molecular formula is C21H14F6O2. The second-order valence-corrected chi connectivity index (χ2v) is 5.84. The second kappa shape index (κ2) is 8.86. The van der Waals surface area contributed by atoms with E-state index in [9.17, 15) is 31.1 Å². The van der Waals surface area contributed by atoms with E-state index < -0.39 is 23.5 Å². The molecule has 0 saturated carbocycles. The van der Waals surface area contributed by atoms with Crippen LogP contribution in [0.4, 0.5) is 26.3 Å². The molecule has 2 aromatic rings. The fraction of sp³-hybridized carbons (Fsp3) is 0.190. The first-order valence-corrected chi connectivity index (χ1v) is 8.19. The van der Waals surface area contributed by atoms with Gasteiger partial charge < -0.3 is 4.74 Å². The van der Waals surface area contributed by atoms with E-state index >= 15 is 0 Å². The molecule has 0 aliphatic carbocycles. The Morgan fingerprint density at radius 2 is 1.72 bits per heavy atom. The van der Waals surface area contributed by atoms with Crippen LogP contribution in [0, 0.1) is 11.8 Å². The van der Waals surface area contributed by atoms with E-state index in [2.05, 4.69) is 18.4 Å². The number of aryl methyl sites for hydroxylation is 1. The monoisotopic (exact) mass is 412 g/mol. The van der Waals surface area contributed by atoms with Crippen LogP contribution in [0.1, 0.15) is 34.2 Å². The molecule has 0 atom stereocenters. The van der Waals surface area contributed by atoms with Crippen molar-refractivity contribution in [1.29, 1.82) is 0 Å². The predicted molar refractivity (Wildman–Crippen MR) is 94.9 cm³/mol. The molecule has 0 saturated heterocycles. The first kappa shape index (κ1) is 22.1. The lowest BCUT2D eigenvalue weighted by Gasteiger charge is -2.15. The average molecular weight is 412 g/mol. The van der Waals surface area contributed by atoms with Crippen molar-refractivity contribution in [2.24, 2.45) is 0 Å². The van der Waals surface area contributed by atoms with Crippen molar-refractivity contribution in [3.63, 3.8) is 0 Å². The highest BCUT2D eigenvalue weighted by molar-refractivity contribution is 5.61. The lowest BCUT2D eigenvalue weighted by molar-refractivity contribution is -0.143. The first-order chi connectivity index (χ1) is 13.6. The van der Waals surface area contributed by atoms with Crippen molar-refractivity contribution in [2.45, 2.75) is 25.2 Å². The van der Waals surface area contributed by atoms with Gasteiger partial charge in [-0.15, -0.1) is 0 Å². The lowest BCUT2D eigenvalue weighted by Crippen LogP contribution is -2.13. The minimum absolute atomic E-state index is 0.0124. The van der Waals surface area contributed by atoms with E-state index in [4.69, 9.17) is 4.74 Å². The number of benzene rings is 2. The zero-order valence-electron chi connectivity index (χ0n) is 14.8. The van der Waals surface area contributed by atoms with E-state index in [0.29, 0.717) is 17.2 Å². The largest absolute Gasteiger partial charge is 0.428 e. The van der Waals surface area contributed by atoms with Gasteiger partial charge in [0.15, 0.2) is 0 Å². The van der Waals surface area contributed by atoms with Gasteiger partial charge in [-0.3, -0.25) is 4.79 Å². The van der Waals surface area contributed by atoms with Crippen molar-refractivity contribution in [3.8, 4) is 17.6 Å². The van der Waals surface area contributed by atoms with Crippen LogP contribution >= 0.6 is 0 Å². The molecule has 0 bridgehead atoms. The van der Waals surface area contributed by atoms with Crippen molar-refractivity contribution < 1.29 is 35.9 Å². The Bertz CT molecular complexity index is 962. The fourth-order valence-corrected chi connectivity index (χ4v) is 2.53. The molecule has 0 aliphatic rings. The summed E-state index contributed by atoms with van der Waals surface area (Å²) in [6.07, 6.45) is -8.49. The molecule has 0 aromatic heterocycles. The van der Waals surface area contributed by atoms with Gasteiger partial charge in [-0.1, -0.05) is 36.6 Å². The summed E-state index contributed by atoms with van der Waals surface area (Å²) in [6.45, 7) is 3.81. The summed E-state index contributed by atoms with van der Waals surface area (Å²) in [6, 6.07) is 6.24. The third-order valence-corrected chi connectivity index (χ3v) is 3.90. The van der Waals surface area contributed by atoms with Crippen LogP contribution in [-0.2, 0) is 23.6 Å². The predicted octanol–water partition coefficient (Wildman–Crippen LogP) is 5.89. The molecule has 0 spiro atoms. The van der Waals surface area contributed by atoms with Gasteiger partial charge in [0.2, 0.25) is 0 Å². The highest BCUT2D eigenvalue weighted by Crippen LogP contribution is 2.37. The Kier molecular flexibility index (Phi) is 6.75. The number of hydrogen-bond acceptors (Lipinski definition) is 2. The highest BCUT2D eigenvalue weighted by Gasteiger charge is 2.37. The molecule has 8 heteroatoms. The van der Waals surface area contributed by atoms with Crippen LogP contribution in [-0.4, -0.2) is 6.47 Å². The summed E-state index contributed by atoms with van der Waals surface area (Å²) in [4.78, 5) is 10.5. The van der Waals surface area contributed by atoms with E-state index in [-0.39, 0.29) is 36.7 Å². The third-order valence-electron chi connectivity index (χ3n) is 3.90. The summed E-state index contributed by atoms with van der Waals surface area (Å²) in [5.41, 5.74) is -1.94. The maximum absolute atomic E-state index is 13.1. The summed E-state index contributed by atoms with van der Waals surface area (Å²) in [5, 5.41) is 0. The summed E-state index contributed by atoms with van der Waals surface area (Å²) in [7, 11) is 0. The maximum atomic E-state index is 13.1. The Morgan fingerprint density at radius 1 is 1.00 bits per heavy atom. The molecule has 29 heavy (non-hydrogen) atoms. The molecule has 0 amide bonds. The minimum Gasteiger partial charge on any atom is -0.428 e. The van der Waals surface area contributed by atoms with E-state index in [1.165, 1.54) is 12.1 Å². The van der Waals surface area contributed by atoms with E-state index in [0.717, 1.165) is 6.07 Å². The number of ether oxygens (including phenoxy) is 1. The Morgan fingerprint density at radius 3 is 2.31 bits per heavy atom. The van der Waals surface area contributed by atoms with Gasteiger partial charge in [0.25, 0.3) is 6.47 Å². The molecule has 0 fully saturated rings. The molecule has 2 rings (SSSR count). The van der Waals surface area contributed by atoms with Crippen LogP contribution in [0.3, 0.4) is 0 Å². The smallest absolute Gasteiger partial charge is 0.416 e. The van der Waals surface area contributed by atoms with Crippen LogP contribution in [0.2, 0.25) is 0 Å². The molecule has 152 valence electrons. The number of alkyl halides is 6.